The monoisotopic (exact) mass is 356 g/mol. The average Bonchev–Trinajstić information content (AvgIpc) is 3.01. The van der Waals surface area contributed by atoms with Gasteiger partial charge in [-0.15, -0.1) is 0 Å². The summed E-state index contributed by atoms with van der Waals surface area (Å²) >= 11 is 0. The Kier molecular flexibility index (Phi) is 5.20. The lowest BCUT2D eigenvalue weighted by Gasteiger charge is -2.37. The predicted molar refractivity (Wildman–Crippen MR) is 102 cm³/mol. The summed E-state index contributed by atoms with van der Waals surface area (Å²) in [6.45, 7) is 7.07. The van der Waals surface area contributed by atoms with Gasteiger partial charge in [-0.2, -0.15) is 5.10 Å². The molecule has 3 rings (SSSR count). The summed E-state index contributed by atoms with van der Waals surface area (Å²) in [6, 6.07) is 10.5. The highest BCUT2D eigenvalue weighted by molar-refractivity contribution is 5.68. The molecule has 1 aliphatic rings. The van der Waals surface area contributed by atoms with Crippen LogP contribution in [-0.4, -0.2) is 39.5 Å². The lowest BCUT2D eigenvalue weighted by molar-refractivity contribution is 0.0168. The fraction of sp³-hybridized carbons (Fsp3) is 0.500. The Morgan fingerprint density at radius 2 is 1.88 bits per heavy atom. The van der Waals surface area contributed by atoms with Crippen LogP contribution in [0.4, 0.5) is 10.5 Å². The van der Waals surface area contributed by atoms with Crippen molar-refractivity contribution in [1.82, 2.24) is 14.7 Å². The quantitative estimate of drug-likeness (QED) is 0.910. The minimum absolute atomic E-state index is 0.120. The molecule has 0 bridgehead atoms. The number of hydrogen-bond donors (Lipinski definition) is 1. The maximum absolute atomic E-state index is 12.3. The summed E-state index contributed by atoms with van der Waals surface area (Å²) in [4.78, 5) is 14.1. The summed E-state index contributed by atoms with van der Waals surface area (Å²) in [5.74, 6) is 0.385. The van der Waals surface area contributed by atoms with E-state index in [2.05, 4.69) is 17.2 Å². The third kappa shape index (κ3) is 4.36. The van der Waals surface area contributed by atoms with Crippen molar-refractivity contribution in [2.45, 2.75) is 45.3 Å². The number of hydrogen-bond acceptors (Lipinski definition) is 4. The number of rotatable bonds is 3. The van der Waals surface area contributed by atoms with Gasteiger partial charge in [0.15, 0.2) is 0 Å². The summed E-state index contributed by atoms with van der Waals surface area (Å²) in [5, 5.41) is 4.46. The second kappa shape index (κ2) is 7.40. The van der Waals surface area contributed by atoms with E-state index < -0.39 is 5.60 Å². The number of nitrogens with two attached hydrogens (primary N) is 1. The van der Waals surface area contributed by atoms with Gasteiger partial charge in [-0.25, -0.2) is 4.79 Å². The van der Waals surface area contributed by atoms with Crippen LogP contribution in [0.2, 0.25) is 0 Å². The molecule has 2 N–H and O–H groups in total. The molecule has 1 fully saturated rings. The zero-order chi connectivity index (χ0) is 18.7. The number of amides is 1. The van der Waals surface area contributed by atoms with Crippen LogP contribution in [0.1, 0.15) is 45.2 Å². The van der Waals surface area contributed by atoms with E-state index in [0.717, 1.165) is 12.8 Å². The zero-order valence-corrected chi connectivity index (χ0v) is 15.8. The van der Waals surface area contributed by atoms with E-state index in [1.165, 1.54) is 5.56 Å². The number of anilines is 1. The minimum atomic E-state index is -0.465. The Labute approximate surface area is 154 Å². The van der Waals surface area contributed by atoms with Crippen LogP contribution in [0.25, 0.3) is 0 Å². The molecule has 1 amide bonds. The van der Waals surface area contributed by atoms with Gasteiger partial charge >= 0.3 is 6.09 Å². The molecule has 6 nitrogen and oxygen atoms in total. The van der Waals surface area contributed by atoms with Gasteiger partial charge in [0.25, 0.3) is 0 Å². The number of nitrogens with zero attached hydrogens (tertiary/aromatic N) is 3. The Morgan fingerprint density at radius 3 is 2.42 bits per heavy atom. The van der Waals surface area contributed by atoms with E-state index in [1.54, 1.807) is 11.1 Å². The summed E-state index contributed by atoms with van der Waals surface area (Å²) in [6.07, 6.45) is 5.15. The molecule has 0 saturated carbocycles. The molecular formula is C20H28N4O2. The third-order valence-electron chi connectivity index (χ3n) is 4.69. The fourth-order valence-electron chi connectivity index (χ4n) is 3.52. The second-order valence-corrected chi connectivity index (χ2v) is 7.91. The molecule has 26 heavy (non-hydrogen) atoms. The lowest BCUT2D eigenvalue weighted by Crippen LogP contribution is -2.43. The number of carbonyl (C=O) groups is 1. The third-order valence-corrected chi connectivity index (χ3v) is 4.69. The van der Waals surface area contributed by atoms with E-state index in [9.17, 15) is 4.79 Å². The maximum Gasteiger partial charge on any atom is 0.410 e. The van der Waals surface area contributed by atoms with Crippen LogP contribution in [0, 0.1) is 5.92 Å². The van der Waals surface area contributed by atoms with Gasteiger partial charge in [0.05, 0.1) is 17.9 Å². The predicted octanol–water partition coefficient (Wildman–Crippen LogP) is 3.70. The van der Waals surface area contributed by atoms with E-state index in [4.69, 9.17) is 10.5 Å². The van der Waals surface area contributed by atoms with E-state index in [1.807, 2.05) is 49.8 Å². The van der Waals surface area contributed by atoms with Gasteiger partial charge in [-0.05, 0) is 45.1 Å². The molecule has 140 valence electrons. The molecule has 1 aromatic carbocycles. The van der Waals surface area contributed by atoms with Gasteiger partial charge in [0, 0.05) is 19.3 Å². The first kappa shape index (κ1) is 18.3. The van der Waals surface area contributed by atoms with Crippen LogP contribution < -0.4 is 5.73 Å². The average molecular weight is 356 g/mol. The molecule has 1 atom stereocenters. The molecule has 2 aromatic rings. The highest BCUT2D eigenvalue weighted by Gasteiger charge is 2.32. The molecule has 2 heterocycles. The van der Waals surface area contributed by atoms with Gasteiger partial charge in [-0.1, -0.05) is 30.3 Å². The Hall–Kier alpha value is -2.50. The molecule has 0 radical (unpaired) electrons. The summed E-state index contributed by atoms with van der Waals surface area (Å²) < 4.78 is 7.46. The lowest BCUT2D eigenvalue weighted by atomic mass is 9.85. The number of nitrogen functional groups attached to an aromatic ring is 1. The van der Waals surface area contributed by atoms with Crippen molar-refractivity contribution in [1.29, 1.82) is 0 Å². The molecule has 1 saturated heterocycles. The highest BCUT2D eigenvalue weighted by atomic mass is 16.6. The first-order chi connectivity index (χ1) is 12.3. The van der Waals surface area contributed by atoms with Crippen molar-refractivity contribution in [3.05, 3.63) is 48.3 Å². The second-order valence-electron chi connectivity index (χ2n) is 7.91. The molecule has 0 spiro atoms. The largest absolute Gasteiger partial charge is 0.444 e. The highest BCUT2D eigenvalue weighted by Crippen LogP contribution is 2.34. The first-order valence-electron chi connectivity index (χ1n) is 9.16. The SMILES string of the molecule is CC(C)(C)OC(=O)N1CCC(C(c2ccccc2)n2cc(N)cn2)CC1. The number of likely N-dealkylation sites (tertiary alicyclic amines) is 1. The number of piperidine rings is 1. The van der Waals surface area contributed by atoms with Crippen molar-refractivity contribution in [2.75, 3.05) is 18.8 Å². The Bertz CT molecular complexity index is 728. The molecule has 0 aliphatic carbocycles. The fourth-order valence-corrected chi connectivity index (χ4v) is 3.52. The number of carbonyl (C=O) groups excluding carboxylic acids is 1. The number of ether oxygens (including phenoxy) is 1. The van der Waals surface area contributed by atoms with Crippen molar-refractivity contribution in [2.24, 2.45) is 5.92 Å². The van der Waals surface area contributed by atoms with E-state index >= 15 is 0 Å². The zero-order valence-electron chi connectivity index (χ0n) is 15.8. The van der Waals surface area contributed by atoms with Gasteiger partial charge in [-0.3, -0.25) is 4.68 Å². The van der Waals surface area contributed by atoms with Crippen molar-refractivity contribution < 1.29 is 9.53 Å². The van der Waals surface area contributed by atoms with Crippen LogP contribution in [0.3, 0.4) is 0 Å². The van der Waals surface area contributed by atoms with Crippen molar-refractivity contribution >= 4 is 11.8 Å². The first-order valence-corrected chi connectivity index (χ1v) is 9.16. The van der Waals surface area contributed by atoms with Crippen molar-refractivity contribution in [3.8, 4) is 0 Å². The topological polar surface area (TPSA) is 73.4 Å². The summed E-state index contributed by atoms with van der Waals surface area (Å²) in [7, 11) is 0. The smallest absolute Gasteiger partial charge is 0.410 e. The standard InChI is InChI=1S/C20H28N4O2/c1-20(2,3)26-19(25)23-11-9-16(10-12-23)18(15-7-5-4-6-8-15)24-14-17(21)13-22-24/h4-8,13-14,16,18H,9-12,21H2,1-3H3. The molecule has 1 aliphatic heterocycles. The van der Waals surface area contributed by atoms with E-state index in [-0.39, 0.29) is 12.1 Å². The Morgan fingerprint density at radius 1 is 1.23 bits per heavy atom. The van der Waals surface area contributed by atoms with Gasteiger partial charge in [0.2, 0.25) is 0 Å². The number of benzene rings is 1. The van der Waals surface area contributed by atoms with Crippen molar-refractivity contribution in [3.63, 3.8) is 0 Å². The molecular weight excluding hydrogens is 328 g/mol. The maximum atomic E-state index is 12.3. The minimum Gasteiger partial charge on any atom is -0.444 e. The normalized spacial score (nSPS) is 17.1. The molecule has 1 aromatic heterocycles. The number of aromatic nitrogens is 2. The van der Waals surface area contributed by atoms with E-state index in [0.29, 0.717) is 24.7 Å². The van der Waals surface area contributed by atoms with Crippen LogP contribution in [-0.2, 0) is 4.74 Å². The molecule has 6 heteroatoms. The Balaban J connectivity index is 1.73. The van der Waals surface area contributed by atoms with Gasteiger partial charge < -0.3 is 15.4 Å². The molecule has 1 unspecified atom stereocenters. The van der Waals surface area contributed by atoms with Gasteiger partial charge in [0.1, 0.15) is 5.60 Å². The van der Waals surface area contributed by atoms with Crippen LogP contribution in [0.5, 0.6) is 0 Å². The van der Waals surface area contributed by atoms with Crippen LogP contribution in [0.15, 0.2) is 42.7 Å². The van der Waals surface area contributed by atoms with Crippen LogP contribution >= 0.6 is 0 Å². The summed E-state index contributed by atoms with van der Waals surface area (Å²) in [5.41, 5.74) is 7.30.